The minimum Gasteiger partial charge on any atom is -0.496 e. The summed E-state index contributed by atoms with van der Waals surface area (Å²) in [5, 5.41) is 10.5. The Balaban J connectivity index is 2.24. The zero-order chi connectivity index (χ0) is 15.2. The molecule has 4 heteroatoms. The fourth-order valence-electron chi connectivity index (χ4n) is 2.08. The highest BCUT2D eigenvalue weighted by Gasteiger charge is 2.13. The molecule has 112 valence electrons. The molecule has 0 radical (unpaired) electrons. The Morgan fingerprint density at radius 1 is 1.19 bits per heavy atom. The molecule has 1 atom stereocenters. The lowest BCUT2D eigenvalue weighted by Crippen LogP contribution is -2.03. The molecular formula is C17H21NO3. The summed E-state index contributed by atoms with van der Waals surface area (Å²) < 4.78 is 10.8. The number of hydrogen-bond donors (Lipinski definition) is 1. The van der Waals surface area contributed by atoms with E-state index >= 15 is 0 Å². The van der Waals surface area contributed by atoms with Crippen LogP contribution in [0.3, 0.4) is 0 Å². The molecule has 2 aromatic rings. The van der Waals surface area contributed by atoms with Crippen molar-refractivity contribution in [1.29, 1.82) is 0 Å². The number of aromatic nitrogens is 1. The van der Waals surface area contributed by atoms with Crippen molar-refractivity contribution in [3.8, 4) is 11.5 Å². The van der Waals surface area contributed by atoms with Crippen molar-refractivity contribution in [3.63, 3.8) is 0 Å². The Hall–Kier alpha value is -2.07. The molecule has 0 aliphatic heterocycles. The molecule has 4 nitrogen and oxygen atoms in total. The first-order valence-corrected chi connectivity index (χ1v) is 7.06. The summed E-state index contributed by atoms with van der Waals surface area (Å²) in [6, 6.07) is 7.49. The maximum Gasteiger partial charge on any atom is 0.137 e. The Labute approximate surface area is 125 Å². The van der Waals surface area contributed by atoms with Crippen LogP contribution in [0.4, 0.5) is 0 Å². The Morgan fingerprint density at radius 2 is 2.00 bits per heavy atom. The molecule has 0 aliphatic rings. The highest BCUT2D eigenvalue weighted by Crippen LogP contribution is 2.28. The number of nitrogens with zero attached hydrogens (tertiary/aromatic N) is 1. The van der Waals surface area contributed by atoms with Gasteiger partial charge in [0.05, 0.1) is 19.9 Å². The maximum absolute atomic E-state index is 10.5. The van der Waals surface area contributed by atoms with Gasteiger partial charge in [0.1, 0.15) is 17.6 Å². The third-order valence-electron chi connectivity index (χ3n) is 3.27. The van der Waals surface area contributed by atoms with Crippen molar-refractivity contribution in [1.82, 2.24) is 4.98 Å². The second-order valence-electron chi connectivity index (χ2n) is 4.93. The Bertz CT molecular complexity index is 598. The zero-order valence-corrected chi connectivity index (χ0v) is 12.7. The van der Waals surface area contributed by atoms with Gasteiger partial charge in [-0.25, -0.2) is 0 Å². The molecule has 1 aromatic carbocycles. The average Bonchev–Trinajstić information content (AvgIpc) is 2.53. The second kappa shape index (κ2) is 7.09. The summed E-state index contributed by atoms with van der Waals surface area (Å²) in [7, 11) is 1.62. The minimum atomic E-state index is -0.753. The molecule has 1 N–H and O–H groups in total. The summed E-state index contributed by atoms with van der Waals surface area (Å²) in [4.78, 5) is 4.13. The number of aliphatic hydroxyl groups excluding tert-OH is 1. The Morgan fingerprint density at radius 3 is 2.71 bits per heavy atom. The van der Waals surface area contributed by atoms with Crippen LogP contribution in [0.2, 0.25) is 0 Å². The number of hydrogen-bond acceptors (Lipinski definition) is 4. The molecule has 0 amide bonds. The predicted molar refractivity (Wildman–Crippen MR) is 81.8 cm³/mol. The molecule has 0 bridgehead atoms. The number of methoxy groups -OCH3 is 1. The number of rotatable bonds is 6. The molecule has 21 heavy (non-hydrogen) atoms. The predicted octanol–water partition coefficient (Wildman–Crippen LogP) is 3.27. The first-order valence-electron chi connectivity index (χ1n) is 7.06. The van der Waals surface area contributed by atoms with E-state index in [0.29, 0.717) is 17.9 Å². The van der Waals surface area contributed by atoms with Gasteiger partial charge >= 0.3 is 0 Å². The highest BCUT2D eigenvalue weighted by molar-refractivity contribution is 5.40. The van der Waals surface area contributed by atoms with Crippen molar-refractivity contribution in [2.24, 2.45) is 0 Å². The van der Waals surface area contributed by atoms with E-state index in [1.54, 1.807) is 19.5 Å². The minimum absolute atomic E-state index is 0.638. The van der Waals surface area contributed by atoms with Crippen LogP contribution in [0.5, 0.6) is 11.5 Å². The van der Waals surface area contributed by atoms with Gasteiger partial charge in [-0.05, 0) is 36.6 Å². The molecule has 1 heterocycles. The van der Waals surface area contributed by atoms with E-state index < -0.39 is 6.10 Å². The summed E-state index contributed by atoms with van der Waals surface area (Å²) in [6.07, 6.45) is 3.48. The molecule has 2 rings (SSSR count). The first-order chi connectivity index (χ1) is 10.2. The van der Waals surface area contributed by atoms with Crippen LogP contribution in [0, 0.1) is 6.92 Å². The van der Waals surface area contributed by atoms with Crippen LogP contribution in [-0.4, -0.2) is 23.8 Å². The number of pyridine rings is 1. The van der Waals surface area contributed by atoms with Crippen LogP contribution >= 0.6 is 0 Å². The van der Waals surface area contributed by atoms with E-state index in [4.69, 9.17) is 9.47 Å². The first kappa shape index (κ1) is 15.3. The van der Waals surface area contributed by atoms with Crippen molar-refractivity contribution in [2.75, 3.05) is 13.7 Å². The normalized spacial score (nSPS) is 12.0. The van der Waals surface area contributed by atoms with E-state index in [2.05, 4.69) is 4.98 Å². The van der Waals surface area contributed by atoms with Gasteiger partial charge in [-0.1, -0.05) is 19.1 Å². The van der Waals surface area contributed by atoms with Crippen molar-refractivity contribution >= 4 is 0 Å². The topological polar surface area (TPSA) is 51.6 Å². The molecule has 0 aliphatic carbocycles. The van der Waals surface area contributed by atoms with Crippen LogP contribution in [0.1, 0.15) is 36.1 Å². The lowest BCUT2D eigenvalue weighted by atomic mass is 10.0. The summed E-state index contributed by atoms with van der Waals surface area (Å²) in [6.45, 7) is 4.65. The second-order valence-corrected chi connectivity index (χ2v) is 4.93. The maximum atomic E-state index is 10.5. The van der Waals surface area contributed by atoms with Gasteiger partial charge in [0.15, 0.2) is 0 Å². The average molecular weight is 287 g/mol. The van der Waals surface area contributed by atoms with E-state index in [1.807, 2.05) is 38.1 Å². The molecule has 0 spiro atoms. The lowest BCUT2D eigenvalue weighted by Gasteiger charge is -2.14. The quantitative estimate of drug-likeness (QED) is 0.886. The molecule has 1 aromatic heterocycles. The smallest absolute Gasteiger partial charge is 0.137 e. The van der Waals surface area contributed by atoms with Crippen molar-refractivity contribution in [2.45, 2.75) is 26.4 Å². The summed E-state index contributed by atoms with van der Waals surface area (Å²) in [5.41, 5.74) is 2.51. The van der Waals surface area contributed by atoms with Gasteiger partial charge in [-0.2, -0.15) is 0 Å². The Kier molecular flexibility index (Phi) is 5.17. The standard InChI is InChI=1S/C17H21NO3/c1-4-7-21-15-8-14(10-18-11-15)17(19)13-6-5-12(2)16(9-13)20-3/h5-6,8-11,17,19H,4,7H2,1-3H3. The number of ether oxygens (including phenoxy) is 2. The van der Waals surface area contributed by atoms with Gasteiger partial charge in [-0.15, -0.1) is 0 Å². The third kappa shape index (κ3) is 3.73. The highest BCUT2D eigenvalue weighted by atomic mass is 16.5. The molecular weight excluding hydrogens is 266 g/mol. The summed E-state index contributed by atoms with van der Waals surface area (Å²) >= 11 is 0. The van der Waals surface area contributed by atoms with E-state index in [1.165, 1.54) is 0 Å². The largest absolute Gasteiger partial charge is 0.496 e. The van der Waals surface area contributed by atoms with Gasteiger partial charge in [0.25, 0.3) is 0 Å². The fourth-order valence-corrected chi connectivity index (χ4v) is 2.08. The molecule has 0 fully saturated rings. The van der Waals surface area contributed by atoms with Gasteiger partial charge in [-0.3, -0.25) is 4.98 Å². The van der Waals surface area contributed by atoms with Crippen molar-refractivity contribution in [3.05, 3.63) is 53.3 Å². The number of aryl methyl sites for hydroxylation is 1. The number of benzene rings is 1. The summed E-state index contributed by atoms with van der Waals surface area (Å²) in [5.74, 6) is 1.44. The zero-order valence-electron chi connectivity index (χ0n) is 12.7. The van der Waals surface area contributed by atoms with Crippen molar-refractivity contribution < 1.29 is 14.6 Å². The van der Waals surface area contributed by atoms with Crippen LogP contribution in [0.25, 0.3) is 0 Å². The monoisotopic (exact) mass is 287 g/mol. The number of aliphatic hydroxyl groups is 1. The molecule has 0 saturated heterocycles. The van der Waals surface area contributed by atoms with Crippen LogP contribution in [0.15, 0.2) is 36.7 Å². The molecule has 1 unspecified atom stereocenters. The molecule has 0 saturated carbocycles. The van der Waals surface area contributed by atoms with Gasteiger partial charge in [0.2, 0.25) is 0 Å². The van der Waals surface area contributed by atoms with E-state index in [-0.39, 0.29) is 0 Å². The SMILES string of the molecule is CCCOc1cncc(C(O)c2ccc(C)c(OC)c2)c1. The van der Waals surface area contributed by atoms with E-state index in [9.17, 15) is 5.11 Å². The third-order valence-corrected chi connectivity index (χ3v) is 3.27. The van der Waals surface area contributed by atoms with Gasteiger partial charge in [0, 0.05) is 11.8 Å². The van der Waals surface area contributed by atoms with Crippen LogP contribution < -0.4 is 9.47 Å². The lowest BCUT2D eigenvalue weighted by molar-refractivity contribution is 0.218. The van der Waals surface area contributed by atoms with Gasteiger partial charge < -0.3 is 14.6 Å². The van der Waals surface area contributed by atoms with Crippen LogP contribution in [-0.2, 0) is 0 Å². The fraction of sp³-hybridized carbons (Fsp3) is 0.353. The van der Waals surface area contributed by atoms with E-state index in [0.717, 1.165) is 23.3 Å².